The summed E-state index contributed by atoms with van der Waals surface area (Å²) in [4.78, 5) is 9.43. The second-order valence-electron chi connectivity index (χ2n) is 2.31. The van der Waals surface area contributed by atoms with Crippen molar-refractivity contribution in [2.24, 2.45) is 0 Å². The molecule has 0 fully saturated rings. The van der Waals surface area contributed by atoms with Gasteiger partial charge in [0.1, 0.15) is 0 Å². The lowest BCUT2D eigenvalue weighted by Gasteiger charge is -2.12. The van der Waals surface area contributed by atoms with Gasteiger partial charge in [-0.15, -0.1) is 0 Å². The summed E-state index contributed by atoms with van der Waals surface area (Å²) in [5.74, 6) is 0.506. The van der Waals surface area contributed by atoms with E-state index in [9.17, 15) is 0 Å². The molecule has 66 valence electrons. The molecule has 1 aromatic heterocycles. The van der Waals surface area contributed by atoms with Gasteiger partial charge in [0, 0.05) is 14.1 Å². The van der Waals surface area contributed by atoms with Crippen LogP contribution < -0.4 is 4.90 Å². The molecule has 0 amide bonds. The van der Waals surface area contributed by atoms with Crippen molar-refractivity contribution >= 4 is 40.6 Å². The van der Waals surface area contributed by atoms with E-state index in [0.29, 0.717) is 5.82 Å². The Hall–Kier alpha value is -0.250. The molecule has 0 unspecified atom stereocenters. The van der Waals surface area contributed by atoms with Crippen LogP contribution in [-0.2, 0) is 0 Å². The lowest BCUT2D eigenvalue weighted by Crippen LogP contribution is -2.12. The highest BCUT2D eigenvalue weighted by atomic mass is 35.5. The van der Waals surface area contributed by atoms with Crippen molar-refractivity contribution in [3.63, 3.8) is 0 Å². The van der Waals surface area contributed by atoms with Crippen LogP contribution in [-0.4, -0.2) is 24.1 Å². The van der Waals surface area contributed by atoms with Crippen LogP contribution in [0, 0.1) is 0 Å². The third-order valence-corrected chi connectivity index (χ3v) is 2.06. The van der Waals surface area contributed by atoms with Crippen molar-refractivity contribution in [1.29, 1.82) is 0 Å². The largest absolute Gasteiger partial charge is 0.360 e. The normalized spacial score (nSPS) is 10.1. The predicted molar refractivity (Wildman–Crippen MR) is 51.4 cm³/mol. The molecule has 0 aliphatic carbocycles. The topological polar surface area (TPSA) is 29.0 Å². The first-order chi connectivity index (χ1) is 5.52. The zero-order valence-electron chi connectivity index (χ0n) is 6.48. The van der Waals surface area contributed by atoms with Gasteiger partial charge in [-0.3, -0.25) is 0 Å². The van der Waals surface area contributed by atoms with E-state index in [-0.39, 0.29) is 15.5 Å². The Bertz CT molecular complexity index is 300. The molecule has 0 atom stereocenters. The summed E-state index contributed by atoms with van der Waals surface area (Å²) in [6.07, 6.45) is 0. The van der Waals surface area contributed by atoms with Gasteiger partial charge in [-0.25, -0.2) is 9.97 Å². The summed E-state index contributed by atoms with van der Waals surface area (Å²) in [6.45, 7) is 0. The van der Waals surface area contributed by atoms with Crippen LogP contribution in [0.25, 0.3) is 0 Å². The molecule has 0 bridgehead atoms. The maximum absolute atomic E-state index is 5.74. The summed E-state index contributed by atoms with van der Waals surface area (Å²) in [5, 5.41) is 0.520. The maximum atomic E-state index is 5.74. The molecule has 6 heteroatoms. The van der Waals surface area contributed by atoms with E-state index in [0.717, 1.165) is 0 Å². The number of anilines is 1. The van der Waals surface area contributed by atoms with Crippen LogP contribution in [0.3, 0.4) is 0 Å². The van der Waals surface area contributed by atoms with Crippen molar-refractivity contribution in [1.82, 2.24) is 9.97 Å². The number of rotatable bonds is 1. The first-order valence-electron chi connectivity index (χ1n) is 3.08. The smallest absolute Gasteiger partial charge is 0.173 e. The second kappa shape index (κ2) is 3.64. The van der Waals surface area contributed by atoms with Gasteiger partial charge < -0.3 is 4.90 Å². The van der Waals surface area contributed by atoms with Crippen LogP contribution in [0.1, 0.15) is 0 Å². The molecule has 0 saturated carbocycles. The van der Waals surface area contributed by atoms with Crippen molar-refractivity contribution in [2.45, 2.75) is 0 Å². The average Bonchev–Trinajstić information content (AvgIpc) is 1.96. The minimum atomic E-state index is 0.118. The Morgan fingerprint density at radius 1 is 0.917 bits per heavy atom. The van der Waals surface area contributed by atoms with E-state index < -0.39 is 0 Å². The van der Waals surface area contributed by atoms with Gasteiger partial charge in [-0.1, -0.05) is 34.8 Å². The molecule has 1 heterocycles. The number of hydrogen-bond acceptors (Lipinski definition) is 3. The second-order valence-corrected chi connectivity index (χ2v) is 3.39. The molecule has 0 saturated heterocycles. The zero-order chi connectivity index (χ0) is 9.30. The van der Waals surface area contributed by atoms with Gasteiger partial charge in [0.25, 0.3) is 0 Å². The van der Waals surface area contributed by atoms with E-state index in [1.54, 1.807) is 19.0 Å². The number of aromatic nitrogens is 2. The quantitative estimate of drug-likeness (QED) is 0.737. The third-order valence-electron chi connectivity index (χ3n) is 1.18. The monoisotopic (exact) mass is 225 g/mol. The van der Waals surface area contributed by atoms with Gasteiger partial charge in [0.2, 0.25) is 0 Å². The van der Waals surface area contributed by atoms with E-state index in [2.05, 4.69) is 9.97 Å². The van der Waals surface area contributed by atoms with Crippen LogP contribution in [0.2, 0.25) is 15.5 Å². The maximum Gasteiger partial charge on any atom is 0.173 e. The molecule has 3 nitrogen and oxygen atoms in total. The molecule has 0 N–H and O–H groups in total. The summed E-state index contributed by atoms with van der Waals surface area (Å²) in [5.41, 5.74) is 0. The fourth-order valence-electron chi connectivity index (χ4n) is 0.652. The predicted octanol–water partition coefficient (Wildman–Crippen LogP) is 2.50. The molecule has 1 aromatic rings. The molecular weight excluding hydrogens is 220 g/mol. The number of halogens is 3. The highest BCUT2D eigenvalue weighted by Gasteiger charge is 2.10. The fraction of sp³-hybridized carbons (Fsp3) is 0.333. The zero-order valence-corrected chi connectivity index (χ0v) is 8.74. The van der Waals surface area contributed by atoms with Crippen molar-refractivity contribution < 1.29 is 0 Å². The highest BCUT2D eigenvalue weighted by Crippen LogP contribution is 2.26. The van der Waals surface area contributed by atoms with Gasteiger partial charge in [0.05, 0.1) is 0 Å². The molecule has 1 rings (SSSR count). The van der Waals surface area contributed by atoms with Gasteiger partial charge in [0.15, 0.2) is 21.3 Å². The lowest BCUT2D eigenvalue weighted by atomic mass is 10.6. The third kappa shape index (κ3) is 1.91. The molecule has 12 heavy (non-hydrogen) atoms. The lowest BCUT2D eigenvalue weighted by molar-refractivity contribution is 1.04. The standard InChI is InChI=1S/C6H6Cl3N3/c1-12(2)6-5(9)10-3(7)4(8)11-6/h1-2H3. The molecule has 0 aliphatic heterocycles. The number of hydrogen-bond donors (Lipinski definition) is 0. The Morgan fingerprint density at radius 2 is 1.42 bits per heavy atom. The van der Waals surface area contributed by atoms with Gasteiger partial charge >= 0.3 is 0 Å². The summed E-state index contributed by atoms with van der Waals surface area (Å²) in [6, 6.07) is 0. The van der Waals surface area contributed by atoms with Crippen molar-refractivity contribution in [3.05, 3.63) is 15.5 Å². The van der Waals surface area contributed by atoms with Crippen LogP contribution >= 0.6 is 34.8 Å². The Kier molecular flexibility index (Phi) is 2.99. The van der Waals surface area contributed by atoms with E-state index in [4.69, 9.17) is 34.8 Å². The fourth-order valence-corrected chi connectivity index (χ4v) is 1.24. The highest BCUT2D eigenvalue weighted by molar-refractivity contribution is 6.41. The Balaban J connectivity index is 3.23. The minimum Gasteiger partial charge on any atom is -0.360 e. The number of nitrogens with zero attached hydrogens (tertiary/aromatic N) is 3. The van der Waals surface area contributed by atoms with Crippen molar-refractivity contribution in [3.8, 4) is 0 Å². The van der Waals surface area contributed by atoms with Gasteiger partial charge in [-0.2, -0.15) is 0 Å². The average molecular weight is 226 g/mol. The summed E-state index contributed by atoms with van der Waals surface area (Å²) in [7, 11) is 3.58. The van der Waals surface area contributed by atoms with Gasteiger partial charge in [-0.05, 0) is 0 Å². The van der Waals surface area contributed by atoms with E-state index in [1.807, 2.05) is 0 Å². The minimum absolute atomic E-state index is 0.118. The van der Waals surface area contributed by atoms with Crippen LogP contribution in [0.5, 0.6) is 0 Å². The molecule has 0 spiro atoms. The Morgan fingerprint density at radius 3 is 1.92 bits per heavy atom. The Labute approximate surface area is 85.3 Å². The molecule has 0 radical (unpaired) electrons. The van der Waals surface area contributed by atoms with Crippen molar-refractivity contribution in [2.75, 3.05) is 19.0 Å². The van der Waals surface area contributed by atoms with E-state index in [1.165, 1.54) is 0 Å². The van der Waals surface area contributed by atoms with Crippen LogP contribution in [0.15, 0.2) is 0 Å². The summed E-state index contributed by atoms with van der Waals surface area (Å²) < 4.78 is 0. The SMILES string of the molecule is CN(C)c1nc(Cl)c(Cl)nc1Cl. The van der Waals surface area contributed by atoms with E-state index >= 15 is 0 Å². The first-order valence-corrected chi connectivity index (χ1v) is 4.21. The molecule has 0 aliphatic rings. The molecular formula is C6H6Cl3N3. The summed E-state index contributed by atoms with van der Waals surface area (Å²) >= 11 is 17.0. The van der Waals surface area contributed by atoms with Crippen LogP contribution in [0.4, 0.5) is 5.82 Å². The first kappa shape index (κ1) is 9.84. The molecule has 0 aromatic carbocycles.